The van der Waals surface area contributed by atoms with Gasteiger partial charge in [-0.1, -0.05) is 159 Å². The van der Waals surface area contributed by atoms with E-state index in [1.165, 1.54) is 72.0 Å². The Hall–Kier alpha value is -6.18. The Labute approximate surface area is 301 Å². The number of hydrogen-bond acceptors (Lipinski definition) is 0. The van der Waals surface area contributed by atoms with Gasteiger partial charge in [0.05, 0.1) is 11.0 Å². The minimum Gasteiger partial charge on any atom is -0.313 e. The lowest BCUT2D eigenvalue weighted by Gasteiger charge is -2.25. The lowest BCUT2D eigenvalue weighted by Crippen LogP contribution is -2.10. The van der Waals surface area contributed by atoms with E-state index in [4.69, 9.17) is 0 Å². The number of hydrogen-bond donors (Lipinski definition) is 0. The van der Waals surface area contributed by atoms with Crippen LogP contribution in [-0.2, 0) is 0 Å². The lowest BCUT2D eigenvalue weighted by atomic mass is 9.84. The summed E-state index contributed by atoms with van der Waals surface area (Å²) < 4.78 is 2.50. The van der Waals surface area contributed by atoms with Crippen molar-refractivity contribution in [2.24, 2.45) is 5.92 Å². The van der Waals surface area contributed by atoms with E-state index in [1.807, 2.05) is 0 Å². The third-order valence-electron chi connectivity index (χ3n) is 10.2. The van der Waals surface area contributed by atoms with Crippen molar-refractivity contribution in [3.05, 3.63) is 211 Å². The van der Waals surface area contributed by atoms with Gasteiger partial charge >= 0.3 is 0 Å². The highest BCUT2D eigenvalue weighted by Gasteiger charge is 2.22. The maximum absolute atomic E-state index is 4.49. The topological polar surface area (TPSA) is 4.93 Å². The van der Waals surface area contributed by atoms with E-state index < -0.39 is 0 Å². The van der Waals surface area contributed by atoms with Crippen molar-refractivity contribution in [3.8, 4) is 22.3 Å². The Morgan fingerprint density at radius 1 is 0.569 bits per heavy atom. The van der Waals surface area contributed by atoms with Gasteiger partial charge in [-0.05, 0) is 111 Å². The molecular weight excluding hydrogens is 615 g/mol. The second-order valence-electron chi connectivity index (χ2n) is 13.6. The summed E-state index contributed by atoms with van der Waals surface area (Å²) >= 11 is 0. The Morgan fingerprint density at radius 2 is 1.06 bits per heavy atom. The predicted molar refractivity (Wildman–Crippen MR) is 220 cm³/mol. The molecule has 246 valence electrons. The Morgan fingerprint density at radius 3 is 1.57 bits per heavy atom. The van der Waals surface area contributed by atoms with Gasteiger partial charge in [0.1, 0.15) is 0 Å². The molecule has 0 N–H and O–H groups in total. The van der Waals surface area contributed by atoms with Gasteiger partial charge in [-0.25, -0.2) is 0 Å². The monoisotopic (exact) mass is 655 g/mol. The first-order chi connectivity index (χ1) is 25.0. The molecule has 0 radical (unpaired) electrons. The Bertz CT molecular complexity index is 2390. The van der Waals surface area contributed by atoms with Crippen LogP contribution in [0.25, 0.3) is 60.9 Å². The minimum absolute atomic E-state index is 0.291. The van der Waals surface area contributed by atoms with Gasteiger partial charge in [-0.15, -0.1) is 0 Å². The molecule has 0 fully saturated rings. The van der Waals surface area contributed by atoms with Crippen LogP contribution in [0.1, 0.15) is 31.4 Å². The molecule has 1 aliphatic carbocycles. The van der Waals surface area contributed by atoms with Crippen molar-refractivity contribution in [2.75, 3.05) is 0 Å². The van der Waals surface area contributed by atoms with Gasteiger partial charge in [0, 0.05) is 16.5 Å². The number of nitrogens with zero attached hydrogens (tertiary/aromatic N) is 1. The average molecular weight is 656 g/mol. The van der Waals surface area contributed by atoms with Crippen molar-refractivity contribution in [1.29, 1.82) is 0 Å². The second kappa shape index (κ2) is 14.0. The number of fused-ring (bicyclic) bond motifs is 3. The fraction of sp³-hybridized carbons (Fsp3) is 0.0800. The summed E-state index contributed by atoms with van der Waals surface area (Å²) in [7, 11) is 0. The summed E-state index contributed by atoms with van der Waals surface area (Å²) in [4.78, 5) is 0. The van der Waals surface area contributed by atoms with Gasteiger partial charge in [-0.3, -0.25) is 0 Å². The summed E-state index contributed by atoms with van der Waals surface area (Å²) in [5, 5.41) is 2.54. The van der Waals surface area contributed by atoms with Crippen LogP contribution in [0.5, 0.6) is 0 Å². The first-order valence-electron chi connectivity index (χ1n) is 17.8. The van der Waals surface area contributed by atoms with Crippen LogP contribution in [-0.4, -0.2) is 4.57 Å². The average Bonchev–Trinajstić information content (AvgIpc) is 3.52. The van der Waals surface area contributed by atoms with E-state index in [-0.39, 0.29) is 0 Å². The molecule has 1 aromatic heterocycles. The van der Waals surface area contributed by atoms with Gasteiger partial charge in [0.25, 0.3) is 0 Å². The predicted octanol–water partition coefficient (Wildman–Crippen LogP) is 13.7. The minimum atomic E-state index is 0.291. The van der Waals surface area contributed by atoms with E-state index in [2.05, 4.69) is 207 Å². The van der Waals surface area contributed by atoms with Crippen molar-refractivity contribution in [3.63, 3.8) is 0 Å². The van der Waals surface area contributed by atoms with E-state index in [0.717, 1.165) is 17.6 Å². The SMILES string of the molecule is C=C(/C=C(\C=C(/C)c1ccccc1)C1=CC=C(n2c3ccc(-c4ccccc4)cc3c3cc(-c4ccccc4)ccc32)CC1C)c1ccccc1. The molecule has 7 aromatic rings. The molecule has 0 aliphatic heterocycles. The van der Waals surface area contributed by atoms with Gasteiger partial charge in [-0.2, -0.15) is 0 Å². The molecule has 0 spiro atoms. The molecule has 1 heteroatoms. The normalized spacial score (nSPS) is 15.1. The van der Waals surface area contributed by atoms with E-state index in [9.17, 15) is 0 Å². The molecule has 1 unspecified atom stereocenters. The maximum atomic E-state index is 4.49. The second-order valence-corrected chi connectivity index (χ2v) is 13.6. The number of rotatable bonds is 8. The van der Waals surface area contributed by atoms with Gasteiger partial charge in [0.2, 0.25) is 0 Å². The zero-order chi connectivity index (χ0) is 34.7. The van der Waals surface area contributed by atoms with Crippen LogP contribution < -0.4 is 0 Å². The van der Waals surface area contributed by atoms with Crippen LogP contribution in [0, 0.1) is 5.92 Å². The van der Waals surface area contributed by atoms with Crippen LogP contribution in [0.15, 0.2) is 200 Å². The van der Waals surface area contributed by atoms with Gasteiger partial charge in [0.15, 0.2) is 0 Å². The highest BCUT2D eigenvalue weighted by molar-refractivity contribution is 6.12. The standard InChI is InChI=1S/C50H41N/c1-35(38-16-8-4-9-17-38)30-44(31-36(2)39-18-10-5-11-19-39)46-27-26-45(32-37(46)3)51-49-28-24-42(40-20-12-6-13-21-40)33-47(49)48-34-43(25-29-50(48)51)41-22-14-7-15-23-41/h4-31,33-34,37H,1,32H2,2-3H3/b36-31+,44-30+. The van der Waals surface area contributed by atoms with E-state index in [1.54, 1.807) is 0 Å². The van der Waals surface area contributed by atoms with E-state index >= 15 is 0 Å². The first-order valence-corrected chi connectivity index (χ1v) is 17.8. The molecule has 0 amide bonds. The molecule has 1 heterocycles. The largest absolute Gasteiger partial charge is 0.313 e. The highest BCUT2D eigenvalue weighted by atomic mass is 15.0. The van der Waals surface area contributed by atoms with Crippen LogP contribution in [0.3, 0.4) is 0 Å². The number of allylic oxidation sites excluding steroid dienone is 9. The quantitative estimate of drug-likeness (QED) is 0.144. The highest BCUT2D eigenvalue weighted by Crippen LogP contribution is 2.41. The smallest absolute Gasteiger partial charge is 0.0538 e. The molecule has 1 aliphatic rings. The van der Waals surface area contributed by atoms with Crippen LogP contribution >= 0.6 is 0 Å². The summed E-state index contributed by atoms with van der Waals surface area (Å²) in [5.41, 5.74) is 15.8. The summed E-state index contributed by atoms with van der Waals surface area (Å²) in [5.74, 6) is 0.291. The number of aromatic nitrogens is 1. The first kappa shape index (κ1) is 32.0. The molecule has 6 aromatic carbocycles. The van der Waals surface area contributed by atoms with Crippen molar-refractivity contribution >= 4 is 38.6 Å². The molecular formula is C50H41N. The molecule has 8 rings (SSSR count). The zero-order valence-electron chi connectivity index (χ0n) is 29.3. The summed E-state index contributed by atoms with van der Waals surface area (Å²) in [6, 6.07) is 56.4. The summed E-state index contributed by atoms with van der Waals surface area (Å²) in [6.45, 7) is 9.06. The maximum Gasteiger partial charge on any atom is 0.0538 e. The molecule has 51 heavy (non-hydrogen) atoms. The van der Waals surface area contributed by atoms with Crippen molar-refractivity contribution < 1.29 is 0 Å². The van der Waals surface area contributed by atoms with Crippen molar-refractivity contribution in [2.45, 2.75) is 20.3 Å². The third-order valence-corrected chi connectivity index (χ3v) is 10.2. The Balaban J connectivity index is 1.27. The Kier molecular flexibility index (Phi) is 8.78. The molecule has 0 bridgehead atoms. The number of benzene rings is 6. The molecule has 0 saturated heterocycles. The molecule has 1 nitrogen and oxygen atoms in total. The molecule has 1 atom stereocenters. The fourth-order valence-electron chi connectivity index (χ4n) is 7.49. The lowest BCUT2D eigenvalue weighted by molar-refractivity contribution is 0.693. The van der Waals surface area contributed by atoms with Crippen molar-refractivity contribution in [1.82, 2.24) is 4.57 Å². The summed E-state index contributed by atoms with van der Waals surface area (Å²) in [6.07, 6.45) is 10.2. The van der Waals surface area contributed by atoms with Crippen LogP contribution in [0.2, 0.25) is 0 Å². The molecule has 0 saturated carbocycles. The van der Waals surface area contributed by atoms with Gasteiger partial charge < -0.3 is 4.57 Å². The van der Waals surface area contributed by atoms with E-state index in [0.29, 0.717) is 5.92 Å². The zero-order valence-corrected chi connectivity index (χ0v) is 29.3. The third kappa shape index (κ3) is 6.47. The fourth-order valence-corrected chi connectivity index (χ4v) is 7.49. The van der Waals surface area contributed by atoms with Crippen LogP contribution in [0.4, 0.5) is 0 Å².